The summed E-state index contributed by atoms with van der Waals surface area (Å²) in [5, 5.41) is 8.68. The highest BCUT2D eigenvalue weighted by Gasteiger charge is 2.17. The van der Waals surface area contributed by atoms with Gasteiger partial charge in [0.05, 0.1) is 11.2 Å². The molecular weight excluding hydrogens is 386 g/mol. The highest BCUT2D eigenvalue weighted by Crippen LogP contribution is 2.37. The summed E-state index contributed by atoms with van der Waals surface area (Å²) in [5.74, 6) is 0.698. The summed E-state index contributed by atoms with van der Waals surface area (Å²) in [4.78, 5) is 20.0. The summed E-state index contributed by atoms with van der Waals surface area (Å²) in [6.45, 7) is 5.76. The van der Waals surface area contributed by atoms with Gasteiger partial charge >= 0.3 is 0 Å². The largest absolute Gasteiger partial charge is 0.338 e. The van der Waals surface area contributed by atoms with E-state index in [1.807, 2.05) is 31.2 Å². The Kier molecular flexibility index (Phi) is 4.68. The normalized spacial score (nSPS) is 11.7. The van der Waals surface area contributed by atoms with E-state index in [-0.39, 0.29) is 0 Å². The van der Waals surface area contributed by atoms with E-state index in [2.05, 4.69) is 60.1 Å². The number of fused-ring (bicyclic) bond motifs is 1. The minimum Gasteiger partial charge on any atom is -0.338 e. The maximum atomic E-state index is 4.57. The molecule has 0 unspecified atom stereocenters. The van der Waals surface area contributed by atoms with Crippen LogP contribution in [-0.4, -0.2) is 36.9 Å². The van der Waals surface area contributed by atoms with E-state index in [1.54, 1.807) is 24.8 Å². The number of pyridine rings is 1. The Labute approximate surface area is 178 Å². The van der Waals surface area contributed by atoms with Crippen LogP contribution in [0.1, 0.15) is 18.1 Å². The van der Waals surface area contributed by atoms with Crippen molar-refractivity contribution in [3.05, 3.63) is 84.7 Å². The van der Waals surface area contributed by atoms with Gasteiger partial charge in [0.15, 0.2) is 0 Å². The Balaban J connectivity index is 1.63. The number of rotatable bonds is 5. The SMILES string of the molecule is C=Nc1[nH]c(-c2n[nH]c3ccc(-c4cncnc4)cc23)cc1/C(=C\C)c1ccncc1. The summed E-state index contributed by atoms with van der Waals surface area (Å²) in [6, 6.07) is 12.2. The van der Waals surface area contributed by atoms with Crippen LogP contribution in [0.25, 0.3) is 39.0 Å². The van der Waals surface area contributed by atoms with Gasteiger partial charge in [-0.25, -0.2) is 15.0 Å². The number of aliphatic imine (C=N–C) groups is 1. The predicted octanol–water partition coefficient (Wildman–Crippen LogP) is 5.19. The second-order valence-corrected chi connectivity index (χ2v) is 7.00. The molecule has 0 bridgehead atoms. The minimum absolute atomic E-state index is 0.698. The van der Waals surface area contributed by atoms with Gasteiger partial charge in [-0.2, -0.15) is 5.10 Å². The molecule has 2 N–H and O–H groups in total. The van der Waals surface area contributed by atoms with E-state index in [9.17, 15) is 0 Å². The third-order valence-electron chi connectivity index (χ3n) is 5.24. The van der Waals surface area contributed by atoms with E-state index >= 15 is 0 Å². The van der Waals surface area contributed by atoms with Crippen molar-refractivity contribution in [2.24, 2.45) is 4.99 Å². The van der Waals surface area contributed by atoms with Crippen molar-refractivity contribution in [2.75, 3.05) is 0 Å². The van der Waals surface area contributed by atoms with Crippen molar-refractivity contribution in [1.29, 1.82) is 0 Å². The number of allylic oxidation sites excluding steroid dienone is 1. The molecule has 5 rings (SSSR count). The summed E-state index contributed by atoms with van der Waals surface area (Å²) in [5.41, 5.74) is 7.67. The van der Waals surface area contributed by atoms with Crippen LogP contribution in [-0.2, 0) is 0 Å². The molecule has 0 aliphatic heterocycles. The van der Waals surface area contributed by atoms with Crippen molar-refractivity contribution in [3.63, 3.8) is 0 Å². The number of hydrogen-bond donors (Lipinski definition) is 2. The Morgan fingerprint density at radius 1 is 1.00 bits per heavy atom. The van der Waals surface area contributed by atoms with Crippen LogP contribution in [0.15, 0.2) is 78.6 Å². The van der Waals surface area contributed by atoms with Crippen molar-refractivity contribution in [1.82, 2.24) is 30.1 Å². The average Bonchev–Trinajstić information content (AvgIpc) is 3.44. The third-order valence-corrected chi connectivity index (χ3v) is 5.24. The summed E-state index contributed by atoms with van der Waals surface area (Å²) < 4.78 is 0. The zero-order chi connectivity index (χ0) is 21.2. The number of benzene rings is 1. The maximum Gasteiger partial charge on any atom is 0.137 e. The molecule has 7 heteroatoms. The van der Waals surface area contributed by atoms with E-state index in [0.29, 0.717) is 5.82 Å². The van der Waals surface area contributed by atoms with Gasteiger partial charge < -0.3 is 4.98 Å². The maximum absolute atomic E-state index is 4.57. The van der Waals surface area contributed by atoms with Crippen LogP contribution < -0.4 is 0 Å². The molecule has 0 spiro atoms. The van der Waals surface area contributed by atoms with Crippen LogP contribution in [0.2, 0.25) is 0 Å². The first-order valence-corrected chi connectivity index (χ1v) is 9.79. The first-order chi connectivity index (χ1) is 15.3. The van der Waals surface area contributed by atoms with E-state index < -0.39 is 0 Å². The molecule has 1 aromatic carbocycles. The molecule has 4 aromatic heterocycles. The van der Waals surface area contributed by atoms with Crippen molar-refractivity contribution in [2.45, 2.75) is 6.92 Å². The van der Waals surface area contributed by atoms with Crippen LogP contribution >= 0.6 is 0 Å². The number of aromatic amines is 2. The summed E-state index contributed by atoms with van der Waals surface area (Å²) in [6.07, 6.45) is 10.7. The molecule has 0 fully saturated rings. The van der Waals surface area contributed by atoms with Crippen molar-refractivity contribution < 1.29 is 0 Å². The van der Waals surface area contributed by atoms with E-state index in [4.69, 9.17) is 0 Å². The molecule has 0 atom stereocenters. The molecule has 0 aliphatic rings. The fourth-order valence-electron chi connectivity index (χ4n) is 3.76. The predicted molar refractivity (Wildman–Crippen MR) is 123 cm³/mol. The monoisotopic (exact) mass is 405 g/mol. The first-order valence-electron chi connectivity index (χ1n) is 9.79. The average molecular weight is 405 g/mol. The second kappa shape index (κ2) is 7.79. The summed E-state index contributed by atoms with van der Waals surface area (Å²) >= 11 is 0. The quantitative estimate of drug-likeness (QED) is 0.393. The lowest BCUT2D eigenvalue weighted by atomic mass is 9.99. The zero-order valence-electron chi connectivity index (χ0n) is 16.9. The van der Waals surface area contributed by atoms with Gasteiger partial charge in [-0.15, -0.1) is 0 Å². The highest BCUT2D eigenvalue weighted by molar-refractivity contribution is 5.96. The zero-order valence-corrected chi connectivity index (χ0v) is 16.9. The standard InChI is InChI=1S/C24H19N7/c1-3-18(15-6-8-26-9-7-15)19-11-22(29-24(19)25-2)23-20-10-16(4-5-21(20)30-31-23)17-12-27-14-28-13-17/h3-14,29H,2H2,1H3,(H,30,31)/b18-3-. The molecule has 0 radical (unpaired) electrons. The van der Waals surface area contributed by atoms with Gasteiger partial charge in [-0.3, -0.25) is 10.1 Å². The topological polar surface area (TPSA) is 95.5 Å². The minimum atomic E-state index is 0.698. The molecule has 0 saturated carbocycles. The molecule has 0 saturated heterocycles. The van der Waals surface area contributed by atoms with Crippen LogP contribution in [0.5, 0.6) is 0 Å². The van der Waals surface area contributed by atoms with Crippen molar-refractivity contribution >= 4 is 29.0 Å². The molecule has 5 aromatic rings. The van der Waals surface area contributed by atoms with E-state index in [0.717, 1.165) is 50.1 Å². The highest BCUT2D eigenvalue weighted by atomic mass is 15.1. The number of nitrogens with one attached hydrogen (secondary N) is 2. The smallest absolute Gasteiger partial charge is 0.137 e. The van der Waals surface area contributed by atoms with Gasteiger partial charge in [0.1, 0.15) is 17.8 Å². The molecule has 4 heterocycles. The van der Waals surface area contributed by atoms with Crippen LogP contribution in [0.3, 0.4) is 0 Å². The van der Waals surface area contributed by atoms with Crippen LogP contribution in [0, 0.1) is 0 Å². The number of aromatic nitrogens is 6. The molecule has 150 valence electrons. The Morgan fingerprint density at radius 2 is 1.81 bits per heavy atom. The van der Waals surface area contributed by atoms with E-state index in [1.165, 1.54) is 6.33 Å². The molecule has 0 amide bonds. The number of hydrogen-bond acceptors (Lipinski definition) is 5. The third kappa shape index (κ3) is 3.32. The molecular formula is C24H19N7. The lowest BCUT2D eigenvalue weighted by molar-refractivity contribution is 1.11. The van der Waals surface area contributed by atoms with Crippen LogP contribution in [0.4, 0.5) is 5.82 Å². The van der Waals surface area contributed by atoms with Gasteiger partial charge in [-0.05, 0) is 60.7 Å². The Bertz CT molecular complexity index is 1400. The second-order valence-electron chi connectivity index (χ2n) is 7.00. The van der Waals surface area contributed by atoms with Gasteiger partial charge in [0, 0.05) is 41.3 Å². The molecule has 7 nitrogen and oxygen atoms in total. The lowest BCUT2D eigenvalue weighted by Crippen LogP contribution is -1.86. The number of H-pyrrole nitrogens is 2. The van der Waals surface area contributed by atoms with Gasteiger partial charge in [0.25, 0.3) is 0 Å². The van der Waals surface area contributed by atoms with Gasteiger partial charge in [0.2, 0.25) is 0 Å². The Morgan fingerprint density at radius 3 is 2.55 bits per heavy atom. The first kappa shape index (κ1) is 18.6. The fourth-order valence-corrected chi connectivity index (χ4v) is 3.76. The lowest BCUT2D eigenvalue weighted by Gasteiger charge is -2.06. The number of nitrogens with zero attached hydrogens (tertiary/aromatic N) is 5. The van der Waals surface area contributed by atoms with Gasteiger partial charge in [-0.1, -0.05) is 12.1 Å². The fraction of sp³-hybridized carbons (Fsp3) is 0.0417. The van der Waals surface area contributed by atoms with Crippen molar-refractivity contribution in [3.8, 4) is 22.5 Å². The summed E-state index contributed by atoms with van der Waals surface area (Å²) in [7, 11) is 0. The Hall–Kier alpha value is -4.39. The molecule has 31 heavy (non-hydrogen) atoms. The molecule has 0 aliphatic carbocycles.